The van der Waals surface area contributed by atoms with Crippen LogP contribution in [0.2, 0.25) is 12.6 Å². The van der Waals surface area contributed by atoms with Gasteiger partial charge in [-0.1, -0.05) is 34.1 Å². The lowest BCUT2D eigenvalue weighted by Gasteiger charge is -2.26. The SMILES string of the molecule is CCCN1CCN(CCCCCN2CCN(CC)B2CC)B1CC. The standard InChI is InChI=1S/C18H40B2N4/c1-5-12-22-17-18-24(20(22)7-3)14-11-9-10-13-23-16-15-21(8-4)19(23)6-2/h5-18H2,1-4H3. The Hall–Kier alpha value is -0.0301. The van der Waals surface area contributed by atoms with Crippen molar-refractivity contribution in [2.75, 3.05) is 52.4 Å². The normalized spacial score (nSPS) is 21.5. The minimum Gasteiger partial charge on any atom is -0.327 e. The lowest BCUT2D eigenvalue weighted by Crippen LogP contribution is -2.44. The van der Waals surface area contributed by atoms with Crippen molar-refractivity contribution in [3.63, 3.8) is 0 Å². The van der Waals surface area contributed by atoms with E-state index in [1.807, 2.05) is 0 Å². The van der Waals surface area contributed by atoms with Gasteiger partial charge in [0.25, 0.3) is 0 Å². The van der Waals surface area contributed by atoms with Gasteiger partial charge in [0.1, 0.15) is 0 Å². The highest BCUT2D eigenvalue weighted by atomic mass is 15.3. The zero-order valence-corrected chi connectivity index (χ0v) is 16.8. The van der Waals surface area contributed by atoms with Gasteiger partial charge in [-0.15, -0.1) is 0 Å². The smallest absolute Gasteiger partial charge is 0.310 e. The Morgan fingerprint density at radius 2 is 1.04 bits per heavy atom. The summed E-state index contributed by atoms with van der Waals surface area (Å²) in [5.41, 5.74) is 0. The van der Waals surface area contributed by atoms with E-state index in [1.54, 1.807) is 0 Å². The lowest BCUT2D eigenvalue weighted by atomic mass is 9.70. The van der Waals surface area contributed by atoms with Crippen molar-refractivity contribution in [3.8, 4) is 0 Å². The highest BCUT2D eigenvalue weighted by Gasteiger charge is 2.34. The summed E-state index contributed by atoms with van der Waals surface area (Å²) >= 11 is 0. The van der Waals surface area contributed by atoms with E-state index in [0.29, 0.717) is 14.0 Å². The predicted octanol–water partition coefficient (Wildman–Crippen LogP) is 2.84. The van der Waals surface area contributed by atoms with Gasteiger partial charge < -0.3 is 19.2 Å². The Labute approximate surface area is 152 Å². The Morgan fingerprint density at radius 3 is 1.50 bits per heavy atom. The molecule has 2 heterocycles. The average molecular weight is 334 g/mol. The van der Waals surface area contributed by atoms with Crippen LogP contribution < -0.4 is 0 Å². The lowest BCUT2D eigenvalue weighted by molar-refractivity contribution is 0.417. The molecule has 138 valence electrons. The first-order valence-corrected chi connectivity index (χ1v) is 10.7. The first-order valence-electron chi connectivity index (χ1n) is 10.7. The third-order valence-electron chi connectivity index (χ3n) is 6.07. The van der Waals surface area contributed by atoms with Crippen LogP contribution in [0.25, 0.3) is 0 Å². The van der Waals surface area contributed by atoms with Crippen LogP contribution in [0.15, 0.2) is 0 Å². The maximum Gasteiger partial charge on any atom is 0.310 e. The fraction of sp³-hybridized carbons (Fsp3) is 1.00. The molecule has 2 aliphatic heterocycles. The second-order valence-corrected chi connectivity index (χ2v) is 7.57. The third-order valence-corrected chi connectivity index (χ3v) is 6.07. The van der Waals surface area contributed by atoms with Crippen molar-refractivity contribution >= 4 is 14.0 Å². The molecule has 2 saturated heterocycles. The molecule has 0 radical (unpaired) electrons. The Morgan fingerprint density at radius 1 is 0.583 bits per heavy atom. The maximum absolute atomic E-state index is 2.74. The molecule has 24 heavy (non-hydrogen) atoms. The highest BCUT2D eigenvalue weighted by molar-refractivity contribution is 6.53. The molecule has 2 fully saturated rings. The third kappa shape index (κ3) is 5.23. The van der Waals surface area contributed by atoms with E-state index >= 15 is 0 Å². The van der Waals surface area contributed by atoms with E-state index in [9.17, 15) is 0 Å². The van der Waals surface area contributed by atoms with Crippen molar-refractivity contribution < 1.29 is 0 Å². The second-order valence-electron chi connectivity index (χ2n) is 7.57. The molecule has 0 amide bonds. The Balaban J connectivity index is 1.61. The molecule has 0 unspecified atom stereocenters. The van der Waals surface area contributed by atoms with Crippen LogP contribution in [-0.2, 0) is 0 Å². The van der Waals surface area contributed by atoms with Gasteiger partial charge >= 0.3 is 14.0 Å². The minimum atomic E-state index is 0.709. The van der Waals surface area contributed by atoms with E-state index in [0.717, 1.165) is 0 Å². The Kier molecular flexibility index (Phi) is 9.17. The van der Waals surface area contributed by atoms with Crippen molar-refractivity contribution in [3.05, 3.63) is 0 Å². The number of hydrogen-bond acceptors (Lipinski definition) is 4. The van der Waals surface area contributed by atoms with Crippen LogP contribution in [0.4, 0.5) is 0 Å². The molecule has 0 aromatic rings. The van der Waals surface area contributed by atoms with E-state index in [4.69, 9.17) is 0 Å². The summed E-state index contributed by atoms with van der Waals surface area (Å²) in [5.74, 6) is 0. The number of hydrogen-bond donors (Lipinski definition) is 0. The van der Waals surface area contributed by atoms with Gasteiger partial charge in [0, 0.05) is 26.2 Å². The average Bonchev–Trinajstić information content (AvgIpc) is 3.17. The molecule has 0 atom stereocenters. The quantitative estimate of drug-likeness (QED) is 0.425. The molecule has 0 aromatic heterocycles. The topological polar surface area (TPSA) is 13.0 Å². The first-order chi connectivity index (χ1) is 11.7. The van der Waals surface area contributed by atoms with E-state index < -0.39 is 0 Å². The monoisotopic (exact) mass is 334 g/mol. The number of nitrogens with zero attached hydrogens (tertiary/aromatic N) is 4. The molecule has 0 N–H and O–H groups in total. The van der Waals surface area contributed by atoms with Crippen molar-refractivity contribution in [1.82, 2.24) is 19.2 Å². The fourth-order valence-electron chi connectivity index (χ4n) is 4.85. The summed E-state index contributed by atoms with van der Waals surface area (Å²) in [6.07, 6.45) is 7.97. The zero-order chi connectivity index (χ0) is 17.4. The predicted molar refractivity (Wildman–Crippen MR) is 109 cm³/mol. The molecular formula is C18H40B2N4. The molecular weight excluding hydrogens is 294 g/mol. The largest absolute Gasteiger partial charge is 0.327 e. The summed E-state index contributed by atoms with van der Waals surface area (Å²) in [6, 6.07) is 0. The maximum atomic E-state index is 2.74. The van der Waals surface area contributed by atoms with Gasteiger partial charge in [-0.05, 0) is 58.1 Å². The summed E-state index contributed by atoms with van der Waals surface area (Å²) < 4.78 is 0. The van der Waals surface area contributed by atoms with Crippen LogP contribution in [0.1, 0.15) is 53.4 Å². The number of likely N-dealkylation sites (N-methyl/N-ethyl adjacent to an activating group) is 1. The highest BCUT2D eigenvalue weighted by Crippen LogP contribution is 2.17. The second kappa shape index (κ2) is 10.8. The minimum absolute atomic E-state index is 0.709. The Bertz CT molecular complexity index is 345. The van der Waals surface area contributed by atoms with Crippen molar-refractivity contribution in [1.29, 1.82) is 0 Å². The molecule has 0 bridgehead atoms. The van der Waals surface area contributed by atoms with Crippen LogP contribution in [0.5, 0.6) is 0 Å². The fourth-order valence-corrected chi connectivity index (χ4v) is 4.85. The van der Waals surface area contributed by atoms with Gasteiger partial charge in [0.05, 0.1) is 0 Å². The van der Waals surface area contributed by atoms with E-state index in [2.05, 4.69) is 46.9 Å². The molecule has 0 spiro atoms. The van der Waals surface area contributed by atoms with E-state index in [1.165, 1.54) is 90.7 Å². The van der Waals surface area contributed by atoms with Gasteiger partial charge in [-0.3, -0.25) is 0 Å². The molecule has 2 aliphatic rings. The van der Waals surface area contributed by atoms with Gasteiger partial charge in [-0.2, -0.15) is 0 Å². The summed E-state index contributed by atoms with van der Waals surface area (Å²) in [7, 11) is 0. The number of unbranched alkanes of at least 4 members (excludes halogenated alkanes) is 2. The molecule has 0 aliphatic carbocycles. The number of rotatable bonds is 11. The van der Waals surface area contributed by atoms with Gasteiger partial charge in [0.2, 0.25) is 0 Å². The van der Waals surface area contributed by atoms with Crippen LogP contribution in [0.3, 0.4) is 0 Å². The molecule has 0 aromatic carbocycles. The summed E-state index contributed by atoms with van der Waals surface area (Å²) in [4.78, 5) is 10.8. The van der Waals surface area contributed by atoms with Crippen LogP contribution >= 0.6 is 0 Å². The first kappa shape index (κ1) is 20.3. The molecule has 4 nitrogen and oxygen atoms in total. The van der Waals surface area contributed by atoms with Crippen LogP contribution in [0, 0.1) is 0 Å². The summed E-state index contributed by atoms with van der Waals surface area (Å²) in [5, 5.41) is 0. The van der Waals surface area contributed by atoms with Gasteiger partial charge in [0.15, 0.2) is 0 Å². The molecule has 6 heteroatoms. The van der Waals surface area contributed by atoms with Gasteiger partial charge in [-0.25, -0.2) is 0 Å². The van der Waals surface area contributed by atoms with Crippen molar-refractivity contribution in [2.24, 2.45) is 0 Å². The van der Waals surface area contributed by atoms with E-state index in [-0.39, 0.29) is 0 Å². The zero-order valence-electron chi connectivity index (χ0n) is 16.8. The summed E-state index contributed by atoms with van der Waals surface area (Å²) in [6.45, 7) is 20.9. The molecule has 2 rings (SSSR count). The van der Waals surface area contributed by atoms with Crippen molar-refractivity contribution in [2.45, 2.75) is 66.0 Å². The van der Waals surface area contributed by atoms with Crippen LogP contribution in [-0.4, -0.2) is 85.6 Å². The molecule has 0 saturated carbocycles.